The summed E-state index contributed by atoms with van der Waals surface area (Å²) in [5, 5.41) is 1.38. The number of hydrogen-bond acceptors (Lipinski definition) is 4. The van der Waals surface area contributed by atoms with E-state index >= 15 is 0 Å². The second kappa shape index (κ2) is 5.93. The SMILES string of the molecule is O=C(S)C(c1ccc(Cl)cc1)c1nc2ccc(Cl)nc2s1. The van der Waals surface area contributed by atoms with E-state index in [9.17, 15) is 4.79 Å². The van der Waals surface area contributed by atoms with E-state index in [4.69, 9.17) is 23.2 Å². The van der Waals surface area contributed by atoms with Gasteiger partial charge in [-0.1, -0.05) is 46.7 Å². The fourth-order valence-corrected chi connectivity index (χ4v) is 3.73. The second-order valence-electron chi connectivity index (χ2n) is 4.33. The van der Waals surface area contributed by atoms with Crippen molar-refractivity contribution in [2.75, 3.05) is 0 Å². The molecule has 0 fully saturated rings. The van der Waals surface area contributed by atoms with Crippen LogP contribution in [0, 0.1) is 0 Å². The molecule has 21 heavy (non-hydrogen) atoms. The predicted molar refractivity (Wildman–Crippen MR) is 89.7 cm³/mol. The standard InChI is InChI=1S/C14H8Cl2N2OS2/c15-8-3-1-7(2-4-8)11(14(19)20)13-17-9-5-6-10(16)18-12(9)21-13/h1-6,11H,(H,19,20). The van der Waals surface area contributed by atoms with Crippen LogP contribution in [0.3, 0.4) is 0 Å². The molecule has 0 saturated heterocycles. The molecular formula is C14H8Cl2N2OS2. The molecule has 3 nitrogen and oxygen atoms in total. The third-order valence-electron chi connectivity index (χ3n) is 2.94. The van der Waals surface area contributed by atoms with Crippen molar-refractivity contribution in [3.8, 4) is 0 Å². The van der Waals surface area contributed by atoms with Gasteiger partial charge in [0.1, 0.15) is 26.4 Å². The number of halogens is 2. The fraction of sp³-hybridized carbons (Fsp3) is 0.0714. The Bertz CT molecular complexity index is 817. The number of hydrogen-bond donors (Lipinski definition) is 1. The lowest BCUT2D eigenvalue weighted by atomic mass is 10.0. The molecule has 7 heteroatoms. The molecule has 0 N–H and O–H groups in total. The van der Waals surface area contributed by atoms with Gasteiger partial charge in [0.25, 0.3) is 0 Å². The Labute approximate surface area is 140 Å². The minimum Gasteiger partial charge on any atom is -0.286 e. The van der Waals surface area contributed by atoms with Crippen molar-refractivity contribution in [1.82, 2.24) is 9.97 Å². The van der Waals surface area contributed by atoms with Gasteiger partial charge in [-0.2, -0.15) is 0 Å². The topological polar surface area (TPSA) is 42.9 Å². The number of thiazole rings is 1. The highest BCUT2D eigenvalue weighted by atomic mass is 35.5. The van der Waals surface area contributed by atoms with Crippen LogP contribution in [-0.2, 0) is 4.79 Å². The van der Waals surface area contributed by atoms with Crippen LogP contribution in [0.25, 0.3) is 10.3 Å². The Morgan fingerprint density at radius 1 is 1.10 bits per heavy atom. The summed E-state index contributed by atoms with van der Waals surface area (Å²) in [5.74, 6) is -0.538. The molecule has 3 aromatic rings. The molecule has 0 aliphatic heterocycles. The van der Waals surface area contributed by atoms with Gasteiger partial charge in [0.2, 0.25) is 0 Å². The number of pyridine rings is 1. The number of carbonyl (C=O) groups is 1. The van der Waals surface area contributed by atoms with Crippen molar-refractivity contribution in [2.24, 2.45) is 0 Å². The smallest absolute Gasteiger partial charge is 0.200 e. The van der Waals surface area contributed by atoms with Crippen LogP contribution in [0.4, 0.5) is 0 Å². The van der Waals surface area contributed by atoms with Gasteiger partial charge in [-0.3, -0.25) is 4.79 Å². The zero-order valence-electron chi connectivity index (χ0n) is 10.5. The minimum atomic E-state index is -0.538. The van der Waals surface area contributed by atoms with Gasteiger partial charge in [-0.25, -0.2) is 9.97 Å². The van der Waals surface area contributed by atoms with E-state index in [-0.39, 0.29) is 5.12 Å². The van der Waals surface area contributed by atoms with Crippen LogP contribution in [0.2, 0.25) is 10.2 Å². The van der Waals surface area contributed by atoms with Crippen molar-refractivity contribution < 1.29 is 4.79 Å². The zero-order chi connectivity index (χ0) is 15.0. The molecule has 0 radical (unpaired) electrons. The molecule has 0 spiro atoms. The molecule has 0 aliphatic rings. The van der Waals surface area contributed by atoms with Crippen LogP contribution in [-0.4, -0.2) is 15.1 Å². The average Bonchev–Trinajstić information content (AvgIpc) is 2.83. The van der Waals surface area contributed by atoms with E-state index in [1.165, 1.54) is 11.3 Å². The summed E-state index contributed by atoms with van der Waals surface area (Å²) < 4.78 is 0. The number of fused-ring (bicyclic) bond motifs is 1. The maximum Gasteiger partial charge on any atom is 0.200 e. The Balaban J connectivity index is 2.11. The molecule has 2 heterocycles. The van der Waals surface area contributed by atoms with E-state index in [0.29, 0.717) is 25.5 Å². The van der Waals surface area contributed by atoms with Gasteiger partial charge >= 0.3 is 0 Å². The lowest BCUT2D eigenvalue weighted by Crippen LogP contribution is -2.08. The van der Waals surface area contributed by atoms with Crippen molar-refractivity contribution in [1.29, 1.82) is 0 Å². The summed E-state index contributed by atoms with van der Waals surface area (Å²) in [7, 11) is 0. The summed E-state index contributed by atoms with van der Waals surface area (Å²) in [5.41, 5.74) is 1.51. The predicted octanol–water partition coefficient (Wildman–Crippen LogP) is 4.59. The first-order valence-electron chi connectivity index (χ1n) is 5.96. The van der Waals surface area contributed by atoms with Gasteiger partial charge in [0.15, 0.2) is 5.12 Å². The monoisotopic (exact) mass is 354 g/mol. The summed E-state index contributed by atoms with van der Waals surface area (Å²) >= 11 is 17.1. The lowest BCUT2D eigenvalue weighted by molar-refractivity contribution is -0.111. The molecule has 2 aromatic heterocycles. The first-order chi connectivity index (χ1) is 10.0. The Morgan fingerprint density at radius 3 is 2.48 bits per heavy atom. The third kappa shape index (κ3) is 3.06. The van der Waals surface area contributed by atoms with E-state index in [2.05, 4.69) is 22.6 Å². The molecule has 1 atom stereocenters. The van der Waals surface area contributed by atoms with Crippen LogP contribution in [0.1, 0.15) is 16.5 Å². The summed E-state index contributed by atoms with van der Waals surface area (Å²) in [4.78, 5) is 21.3. The molecule has 0 aliphatic carbocycles. The second-order valence-corrected chi connectivity index (χ2v) is 6.61. The Kier molecular flexibility index (Phi) is 4.17. The van der Waals surface area contributed by atoms with Crippen LogP contribution < -0.4 is 0 Å². The van der Waals surface area contributed by atoms with Crippen molar-refractivity contribution >= 4 is 62.6 Å². The van der Waals surface area contributed by atoms with E-state index < -0.39 is 5.92 Å². The maximum absolute atomic E-state index is 11.9. The fourth-order valence-electron chi connectivity index (χ4n) is 1.98. The van der Waals surface area contributed by atoms with E-state index in [1.54, 1.807) is 36.4 Å². The Morgan fingerprint density at radius 2 is 1.81 bits per heavy atom. The molecule has 0 bridgehead atoms. The molecule has 106 valence electrons. The van der Waals surface area contributed by atoms with Crippen LogP contribution in [0.5, 0.6) is 0 Å². The minimum absolute atomic E-state index is 0.275. The maximum atomic E-state index is 11.9. The van der Waals surface area contributed by atoms with Gasteiger partial charge in [0, 0.05) is 5.02 Å². The van der Waals surface area contributed by atoms with Crippen molar-refractivity contribution in [3.05, 3.63) is 57.1 Å². The normalized spacial score (nSPS) is 12.5. The van der Waals surface area contributed by atoms with Gasteiger partial charge in [0.05, 0.1) is 0 Å². The van der Waals surface area contributed by atoms with E-state index in [1.807, 2.05) is 0 Å². The summed E-state index contributed by atoms with van der Waals surface area (Å²) in [6, 6.07) is 10.5. The van der Waals surface area contributed by atoms with Gasteiger partial charge < -0.3 is 0 Å². The van der Waals surface area contributed by atoms with Crippen LogP contribution in [0.15, 0.2) is 36.4 Å². The molecule has 0 saturated carbocycles. The van der Waals surface area contributed by atoms with Gasteiger partial charge in [-0.05, 0) is 29.8 Å². The highest BCUT2D eigenvalue weighted by Gasteiger charge is 2.24. The van der Waals surface area contributed by atoms with Crippen molar-refractivity contribution in [3.63, 3.8) is 0 Å². The number of aromatic nitrogens is 2. The number of nitrogens with zero attached hydrogens (tertiary/aromatic N) is 2. The third-order valence-corrected chi connectivity index (χ3v) is 4.69. The number of thiol groups is 1. The molecule has 1 unspecified atom stereocenters. The first kappa shape index (κ1) is 14.8. The van der Waals surface area contributed by atoms with Gasteiger partial charge in [-0.15, -0.1) is 12.6 Å². The summed E-state index contributed by atoms with van der Waals surface area (Å²) in [6.07, 6.45) is 0. The molecule has 1 aromatic carbocycles. The number of benzene rings is 1. The van der Waals surface area contributed by atoms with Crippen molar-refractivity contribution in [2.45, 2.75) is 5.92 Å². The molecule has 0 amide bonds. The number of carbonyl (C=O) groups excluding carboxylic acids is 1. The largest absolute Gasteiger partial charge is 0.286 e. The highest BCUT2D eigenvalue weighted by molar-refractivity contribution is 7.96. The quantitative estimate of drug-likeness (QED) is 0.552. The average molecular weight is 355 g/mol. The zero-order valence-corrected chi connectivity index (χ0v) is 13.7. The molecule has 3 rings (SSSR count). The Hall–Kier alpha value is -1.14. The molecular weight excluding hydrogens is 347 g/mol. The van der Waals surface area contributed by atoms with Crippen LogP contribution >= 0.6 is 47.2 Å². The lowest BCUT2D eigenvalue weighted by Gasteiger charge is -2.10. The first-order valence-corrected chi connectivity index (χ1v) is 7.98. The number of rotatable bonds is 3. The highest BCUT2D eigenvalue weighted by Crippen LogP contribution is 2.33. The summed E-state index contributed by atoms with van der Waals surface area (Å²) in [6.45, 7) is 0. The van der Waals surface area contributed by atoms with E-state index in [0.717, 1.165) is 5.56 Å².